The molecule has 1 aliphatic heterocycles. The first-order valence-electron chi connectivity index (χ1n) is 5.96. The molecule has 17 heavy (non-hydrogen) atoms. The number of nitrogen functional groups attached to an aromatic ring is 1. The predicted octanol–water partition coefficient (Wildman–Crippen LogP) is 1.26. The summed E-state index contributed by atoms with van der Waals surface area (Å²) in [5.74, 6) is 1.27. The van der Waals surface area contributed by atoms with Gasteiger partial charge in [-0.25, -0.2) is 0 Å². The molecule has 1 aliphatic rings. The van der Waals surface area contributed by atoms with Gasteiger partial charge in [0, 0.05) is 25.7 Å². The number of rotatable bonds is 3. The average Bonchev–Trinajstić information content (AvgIpc) is 2.66. The Balaban J connectivity index is 2.17. The van der Waals surface area contributed by atoms with E-state index in [4.69, 9.17) is 10.5 Å². The molecule has 5 nitrogen and oxygen atoms in total. The number of hydrogen-bond acceptors (Lipinski definition) is 6. The number of nitrogens with zero attached hydrogens (tertiary/aromatic N) is 3. The van der Waals surface area contributed by atoms with Crippen LogP contribution in [0.1, 0.15) is 13.8 Å². The lowest BCUT2D eigenvalue weighted by molar-refractivity contribution is 0.233. The van der Waals surface area contributed by atoms with E-state index in [0.29, 0.717) is 18.5 Å². The van der Waals surface area contributed by atoms with E-state index in [0.717, 1.165) is 30.4 Å². The van der Waals surface area contributed by atoms with Crippen molar-refractivity contribution >= 4 is 22.4 Å². The lowest BCUT2D eigenvalue weighted by Crippen LogP contribution is -2.50. The number of hydrogen-bond donors (Lipinski definition) is 1. The van der Waals surface area contributed by atoms with Crippen LogP contribution in [0, 0.1) is 0 Å². The van der Waals surface area contributed by atoms with Crippen LogP contribution >= 0.6 is 11.5 Å². The Hall–Kier alpha value is -1.01. The van der Waals surface area contributed by atoms with Gasteiger partial charge in [0.1, 0.15) is 0 Å². The first kappa shape index (κ1) is 12.4. The smallest absolute Gasteiger partial charge is 0.197 e. The summed E-state index contributed by atoms with van der Waals surface area (Å²) in [5.41, 5.74) is 5.83. The van der Waals surface area contributed by atoms with Gasteiger partial charge in [0.05, 0.1) is 6.61 Å². The number of ether oxygens (including phenoxy) is 1. The average molecular weight is 256 g/mol. The molecule has 2 N–H and O–H groups in total. The molecular weight excluding hydrogens is 236 g/mol. The van der Waals surface area contributed by atoms with Crippen LogP contribution in [-0.2, 0) is 0 Å². The molecule has 6 heteroatoms. The topological polar surface area (TPSA) is 54.6 Å². The van der Waals surface area contributed by atoms with E-state index in [1.54, 1.807) is 0 Å². The van der Waals surface area contributed by atoms with E-state index in [9.17, 15) is 0 Å². The van der Waals surface area contributed by atoms with E-state index >= 15 is 0 Å². The van der Waals surface area contributed by atoms with E-state index in [1.165, 1.54) is 11.5 Å². The Morgan fingerprint density at radius 2 is 2.29 bits per heavy atom. The SMILES string of the molecule is CCOc1c(N)nsc1N1CCN(C)C(C)C1. The first-order chi connectivity index (χ1) is 8.13. The monoisotopic (exact) mass is 256 g/mol. The minimum absolute atomic E-state index is 0.512. The third-order valence-corrected chi connectivity index (χ3v) is 4.10. The van der Waals surface area contributed by atoms with Gasteiger partial charge >= 0.3 is 0 Å². The Bertz CT molecular complexity index is 382. The maximum Gasteiger partial charge on any atom is 0.197 e. The quantitative estimate of drug-likeness (QED) is 0.882. The standard InChI is InChI=1S/C11H20N4OS/c1-4-16-9-10(12)13-17-11(9)15-6-5-14(3)8(2)7-15/h8H,4-7H2,1-3H3,(H2,12,13). The molecule has 0 spiro atoms. The summed E-state index contributed by atoms with van der Waals surface area (Å²) in [6.45, 7) is 7.88. The molecule has 0 saturated carbocycles. The Kier molecular flexibility index (Phi) is 3.73. The Labute approximate surface area is 106 Å². The zero-order chi connectivity index (χ0) is 12.4. The summed E-state index contributed by atoms with van der Waals surface area (Å²) in [6, 6.07) is 0.543. The molecule has 1 saturated heterocycles. The summed E-state index contributed by atoms with van der Waals surface area (Å²) in [5, 5.41) is 1.07. The predicted molar refractivity (Wildman–Crippen MR) is 72.0 cm³/mol. The van der Waals surface area contributed by atoms with E-state index in [-0.39, 0.29) is 0 Å². The van der Waals surface area contributed by atoms with E-state index in [2.05, 4.69) is 28.1 Å². The lowest BCUT2D eigenvalue weighted by Gasteiger charge is -2.38. The maximum absolute atomic E-state index is 5.83. The minimum atomic E-state index is 0.512. The fourth-order valence-corrected chi connectivity index (χ4v) is 2.79. The number of piperazine rings is 1. The normalized spacial score (nSPS) is 21.8. The highest BCUT2D eigenvalue weighted by atomic mass is 32.1. The van der Waals surface area contributed by atoms with Gasteiger partial charge in [-0.2, -0.15) is 4.37 Å². The minimum Gasteiger partial charge on any atom is -0.487 e. The summed E-state index contributed by atoms with van der Waals surface area (Å²) in [4.78, 5) is 4.69. The van der Waals surface area contributed by atoms with Crippen molar-refractivity contribution in [1.82, 2.24) is 9.27 Å². The molecule has 1 unspecified atom stereocenters. The molecule has 1 fully saturated rings. The molecule has 0 bridgehead atoms. The molecule has 0 amide bonds. The van der Waals surface area contributed by atoms with Gasteiger partial charge in [0.2, 0.25) is 0 Å². The van der Waals surface area contributed by atoms with Crippen molar-refractivity contribution in [2.75, 3.05) is 43.9 Å². The van der Waals surface area contributed by atoms with Crippen LogP contribution in [0.5, 0.6) is 5.75 Å². The van der Waals surface area contributed by atoms with Gasteiger partial charge in [-0.15, -0.1) is 0 Å². The van der Waals surface area contributed by atoms with Crippen molar-refractivity contribution < 1.29 is 4.74 Å². The molecule has 1 aromatic heterocycles. The largest absolute Gasteiger partial charge is 0.487 e. The van der Waals surface area contributed by atoms with Gasteiger partial charge in [-0.1, -0.05) is 0 Å². The van der Waals surface area contributed by atoms with Crippen molar-refractivity contribution in [2.24, 2.45) is 0 Å². The van der Waals surface area contributed by atoms with Crippen LogP contribution in [0.3, 0.4) is 0 Å². The van der Waals surface area contributed by atoms with Gasteiger partial charge in [-0.05, 0) is 32.4 Å². The number of nitrogens with two attached hydrogens (primary N) is 1. The zero-order valence-electron chi connectivity index (χ0n) is 10.6. The van der Waals surface area contributed by atoms with Gasteiger partial charge in [-0.3, -0.25) is 0 Å². The molecule has 1 aromatic rings. The van der Waals surface area contributed by atoms with Crippen LogP contribution in [0.25, 0.3) is 0 Å². The van der Waals surface area contributed by atoms with Crippen LogP contribution in [0.4, 0.5) is 10.8 Å². The number of anilines is 2. The molecular formula is C11H20N4OS. The molecule has 2 rings (SSSR count). The van der Waals surface area contributed by atoms with Gasteiger partial charge in [0.15, 0.2) is 16.6 Å². The molecule has 2 heterocycles. The second kappa shape index (κ2) is 5.10. The fourth-order valence-electron chi connectivity index (χ4n) is 2.00. The first-order valence-corrected chi connectivity index (χ1v) is 6.74. The highest BCUT2D eigenvalue weighted by Crippen LogP contribution is 2.38. The second-order valence-electron chi connectivity index (χ2n) is 4.41. The maximum atomic E-state index is 5.83. The fraction of sp³-hybridized carbons (Fsp3) is 0.727. The van der Waals surface area contributed by atoms with Crippen molar-refractivity contribution in [3.8, 4) is 5.75 Å². The molecule has 0 aromatic carbocycles. The summed E-state index contributed by atoms with van der Waals surface area (Å²) in [7, 11) is 2.16. The van der Waals surface area contributed by atoms with E-state index in [1.807, 2.05) is 6.92 Å². The van der Waals surface area contributed by atoms with Crippen LogP contribution in [0.15, 0.2) is 0 Å². The Morgan fingerprint density at radius 1 is 1.53 bits per heavy atom. The molecule has 1 atom stereocenters. The van der Waals surface area contributed by atoms with Crippen molar-refractivity contribution in [3.05, 3.63) is 0 Å². The van der Waals surface area contributed by atoms with Crippen molar-refractivity contribution in [3.63, 3.8) is 0 Å². The van der Waals surface area contributed by atoms with Crippen LogP contribution in [0.2, 0.25) is 0 Å². The third kappa shape index (κ3) is 2.47. The molecule has 96 valence electrons. The zero-order valence-corrected chi connectivity index (χ0v) is 11.5. The van der Waals surface area contributed by atoms with Crippen molar-refractivity contribution in [1.29, 1.82) is 0 Å². The van der Waals surface area contributed by atoms with Gasteiger partial charge in [0.25, 0.3) is 0 Å². The van der Waals surface area contributed by atoms with Crippen molar-refractivity contribution in [2.45, 2.75) is 19.9 Å². The molecule has 0 aliphatic carbocycles. The van der Waals surface area contributed by atoms with E-state index < -0.39 is 0 Å². The second-order valence-corrected chi connectivity index (χ2v) is 5.16. The highest BCUT2D eigenvalue weighted by molar-refractivity contribution is 7.11. The van der Waals surface area contributed by atoms with Crippen LogP contribution in [-0.4, -0.2) is 48.6 Å². The number of likely N-dealkylation sites (N-methyl/N-ethyl adjacent to an activating group) is 1. The summed E-state index contributed by atoms with van der Waals surface area (Å²) in [6.07, 6.45) is 0. The van der Waals surface area contributed by atoms with Crippen LogP contribution < -0.4 is 15.4 Å². The lowest BCUT2D eigenvalue weighted by atomic mass is 10.2. The highest BCUT2D eigenvalue weighted by Gasteiger charge is 2.25. The number of aromatic nitrogens is 1. The molecule has 0 radical (unpaired) electrons. The Morgan fingerprint density at radius 3 is 2.94 bits per heavy atom. The summed E-state index contributed by atoms with van der Waals surface area (Å²) >= 11 is 1.43. The summed E-state index contributed by atoms with van der Waals surface area (Å²) < 4.78 is 9.78. The third-order valence-electron chi connectivity index (χ3n) is 3.19. The van der Waals surface area contributed by atoms with Gasteiger partial charge < -0.3 is 20.3 Å².